The van der Waals surface area contributed by atoms with Gasteiger partial charge < -0.3 is 15.4 Å². The first kappa shape index (κ1) is 14.1. The van der Waals surface area contributed by atoms with E-state index < -0.39 is 5.97 Å². The first-order chi connectivity index (χ1) is 9.84. The van der Waals surface area contributed by atoms with Crippen LogP contribution < -0.4 is 5.32 Å². The monoisotopic (exact) mass is 287 g/mol. The first-order valence-electron chi connectivity index (χ1n) is 7.31. The van der Waals surface area contributed by atoms with Gasteiger partial charge in [0.15, 0.2) is 0 Å². The molecule has 0 aliphatic carbocycles. The lowest BCUT2D eigenvalue weighted by molar-refractivity contribution is -0.141. The zero-order valence-corrected chi connectivity index (χ0v) is 12.6. The molecule has 5 nitrogen and oxygen atoms in total. The summed E-state index contributed by atoms with van der Waals surface area (Å²) >= 11 is 0. The van der Waals surface area contributed by atoms with Crippen molar-refractivity contribution in [2.45, 2.75) is 38.6 Å². The molecule has 2 atom stereocenters. The molecule has 21 heavy (non-hydrogen) atoms. The highest BCUT2D eigenvalue weighted by Gasteiger charge is 2.30. The Morgan fingerprint density at radius 2 is 2.14 bits per heavy atom. The van der Waals surface area contributed by atoms with E-state index in [2.05, 4.69) is 42.1 Å². The Bertz CT molecular complexity index is 684. The van der Waals surface area contributed by atoms with Gasteiger partial charge in [0.2, 0.25) is 0 Å². The normalized spacial score (nSPS) is 22.8. The van der Waals surface area contributed by atoms with E-state index in [1.165, 1.54) is 0 Å². The molecule has 1 aromatic carbocycles. The van der Waals surface area contributed by atoms with Crippen LogP contribution in [0.2, 0.25) is 0 Å². The number of nitrogens with one attached hydrogen (secondary N) is 2. The Labute approximate surface area is 123 Å². The van der Waals surface area contributed by atoms with Gasteiger partial charge in [-0.25, -0.2) is 4.98 Å². The number of aliphatic carboxylic acids is 1. The highest BCUT2D eigenvalue weighted by atomic mass is 16.4. The van der Waals surface area contributed by atoms with Gasteiger partial charge in [-0.15, -0.1) is 0 Å². The Morgan fingerprint density at radius 3 is 2.76 bits per heavy atom. The van der Waals surface area contributed by atoms with Crippen LogP contribution in [0.15, 0.2) is 18.2 Å². The molecule has 2 unspecified atom stereocenters. The van der Waals surface area contributed by atoms with Crippen molar-refractivity contribution >= 4 is 17.0 Å². The fourth-order valence-corrected chi connectivity index (χ4v) is 2.78. The second kappa shape index (κ2) is 4.84. The number of aromatic nitrogens is 2. The van der Waals surface area contributed by atoms with Gasteiger partial charge in [-0.1, -0.05) is 26.8 Å². The molecule has 3 rings (SSSR count). The molecule has 0 amide bonds. The summed E-state index contributed by atoms with van der Waals surface area (Å²) in [5, 5.41) is 12.4. The molecule has 2 heterocycles. The van der Waals surface area contributed by atoms with Crippen LogP contribution in [-0.4, -0.2) is 27.6 Å². The van der Waals surface area contributed by atoms with Crippen molar-refractivity contribution in [1.29, 1.82) is 0 Å². The molecule has 0 radical (unpaired) electrons. The Balaban J connectivity index is 1.90. The number of fused-ring (bicyclic) bond motifs is 1. The summed E-state index contributed by atoms with van der Waals surface area (Å²) in [5.41, 5.74) is 3.07. The summed E-state index contributed by atoms with van der Waals surface area (Å²) in [5.74, 6) is -0.0438. The average molecular weight is 287 g/mol. The number of benzene rings is 1. The molecule has 5 heteroatoms. The van der Waals surface area contributed by atoms with E-state index in [1.54, 1.807) is 0 Å². The predicted molar refractivity (Wildman–Crippen MR) is 81.3 cm³/mol. The molecule has 1 aliphatic rings. The van der Waals surface area contributed by atoms with E-state index in [1.807, 2.05) is 12.1 Å². The topological polar surface area (TPSA) is 78.0 Å². The van der Waals surface area contributed by atoms with Crippen LogP contribution in [0.5, 0.6) is 0 Å². The molecular weight excluding hydrogens is 266 g/mol. The van der Waals surface area contributed by atoms with Gasteiger partial charge in [0.25, 0.3) is 0 Å². The van der Waals surface area contributed by atoms with Crippen LogP contribution in [0, 0.1) is 5.92 Å². The standard InChI is InChI=1S/C16H21N3O2/c1-16(2,3)15-18-11-5-4-9(6-13(11)19-15)12-7-10(8-17-12)14(20)21/h4-6,10,12,17H,7-8H2,1-3H3,(H,18,19)(H,20,21). The zero-order chi connectivity index (χ0) is 15.2. The first-order valence-corrected chi connectivity index (χ1v) is 7.31. The molecular formula is C16H21N3O2. The van der Waals surface area contributed by atoms with Crippen molar-refractivity contribution in [2.75, 3.05) is 6.54 Å². The number of carbonyl (C=O) groups is 1. The molecule has 112 valence electrons. The average Bonchev–Trinajstić information content (AvgIpc) is 3.04. The van der Waals surface area contributed by atoms with Crippen molar-refractivity contribution in [3.05, 3.63) is 29.6 Å². The summed E-state index contributed by atoms with van der Waals surface area (Å²) < 4.78 is 0. The number of nitrogens with zero attached hydrogens (tertiary/aromatic N) is 1. The molecule has 0 bridgehead atoms. The summed E-state index contributed by atoms with van der Waals surface area (Å²) in [6.07, 6.45) is 0.640. The number of aromatic amines is 1. The molecule has 1 aromatic heterocycles. The molecule has 3 N–H and O–H groups in total. The van der Waals surface area contributed by atoms with Crippen molar-refractivity contribution in [1.82, 2.24) is 15.3 Å². The summed E-state index contributed by atoms with van der Waals surface area (Å²) in [6, 6.07) is 6.24. The Hall–Kier alpha value is -1.88. The summed E-state index contributed by atoms with van der Waals surface area (Å²) in [6.45, 7) is 6.92. The number of carboxylic acid groups (broad SMARTS) is 1. The largest absolute Gasteiger partial charge is 0.481 e. The molecule has 2 aromatic rings. The van der Waals surface area contributed by atoms with Gasteiger partial charge in [-0.05, 0) is 24.1 Å². The van der Waals surface area contributed by atoms with Crippen LogP contribution >= 0.6 is 0 Å². The maximum Gasteiger partial charge on any atom is 0.307 e. The van der Waals surface area contributed by atoms with Crippen LogP contribution in [0.3, 0.4) is 0 Å². The number of rotatable bonds is 2. The Kier molecular flexibility index (Phi) is 3.24. The van der Waals surface area contributed by atoms with Gasteiger partial charge in [0.05, 0.1) is 17.0 Å². The van der Waals surface area contributed by atoms with Gasteiger partial charge in [-0.2, -0.15) is 0 Å². The number of carboxylic acids is 1. The fraction of sp³-hybridized carbons (Fsp3) is 0.500. The second-order valence-electron chi connectivity index (χ2n) is 6.84. The lowest BCUT2D eigenvalue weighted by Crippen LogP contribution is -2.17. The summed E-state index contributed by atoms with van der Waals surface area (Å²) in [4.78, 5) is 19.1. The maximum absolute atomic E-state index is 11.0. The van der Waals surface area contributed by atoms with Crippen molar-refractivity contribution < 1.29 is 9.90 Å². The number of imidazole rings is 1. The van der Waals surface area contributed by atoms with E-state index in [9.17, 15) is 4.79 Å². The molecule has 0 spiro atoms. The Morgan fingerprint density at radius 1 is 1.38 bits per heavy atom. The third kappa shape index (κ3) is 2.65. The molecule has 0 saturated carbocycles. The summed E-state index contributed by atoms with van der Waals surface area (Å²) in [7, 11) is 0. The van der Waals surface area contributed by atoms with E-state index >= 15 is 0 Å². The van der Waals surface area contributed by atoms with Crippen molar-refractivity contribution in [3.63, 3.8) is 0 Å². The van der Waals surface area contributed by atoms with E-state index in [0.29, 0.717) is 13.0 Å². The van der Waals surface area contributed by atoms with Crippen molar-refractivity contribution in [2.24, 2.45) is 5.92 Å². The maximum atomic E-state index is 11.0. The van der Waals surface area contributed by atoms with Crippen LogP contribution in [0.4, 0.5) is 0 Å². The van der Waals surface area contributed by atoms with E-state index in [4.69, 9.17) is 5.11 Å². The minimum Gasteiger partial charge on any atom is -0.481 e. The third-order valence-electron chi connectivity index (χ3n) is 4.10. The van der Waals surface area contributed by atoms with Crippen molar-refractivity contribution in [3.8, 4) is 0 Å². The minimum atomic E-state index is -0.720. The van der Waals surface area contributed by atoms with Gasteiger partial charge in [0, 0.05) is 18.0 Å². The predicted octanol–water partition coefficient (Wildman–Crippen LogP) is 2.60. The van der Waals surface area contributed by atoms with Gasteiger partial charge >= 0.3 is 5.97 Å². The zero-order valence-electron chi connectivity index (χ0n) is 12.6. The number of hydrogen-bond donors (Lipinski definition) is 3. The highest BCUT2D eigenvalue weighted by Crippen LogP contribution is 2.30. The number of H-pyrrole nitrogens is 1. The highest BCUT2D eigenvalue weighted by molar-refractivity contribution is 5.76. The molecule has 1 aliphatic heterocycles. The molecule has 1 fully saturated rings. The van der Waals surface area contributed by atoms with E-state index in [-0.39, 0.29) is 17.4 Å². The van der Waals surface area contributed by atoms with Crippen LogP contribution in [0.25, 0.3) is 11.0 Å². The number of hydrogen-bond acceptors (Lipinski definition) is 3. The SMILES string of the molecule is CC(C)(C)c1nc2ccc(C3CC(C(=O)O)CN3)cc2[nH]1. The minimum absolute atomic E-state index is 0.0147. The van der Waals surface area contributed by atoms with Gasteiger partial charge in [-0.3, -0.25) is 4.79 Å². The smallest absolute Gasteiger partial charge is 0.307 e. The second-order valence-corrected chi connectivity index (χ2v) is 6.84. The molecule has 1 saturated heterocycles. The quantitative estimate of drug-likeness (QED) is 0.793. The lowest BCUT2D eigenvalue weighted by Gasteiger charge is -2.13. The fourth-order valence-electron chi connectivity index (χ4n) is 2.78. The van der Waals surface area contributed by atoms with Gasteiger partial charge in [0.1, 0.15) is 5.82 Å². The van der Waals surface area contributed by atoms with E-state index in [0.717, 1.165) is 22.4 Å². The lowest BCUT2D eigenvalue weighted by atomic mass is 9.96. The third-order valence-corrected chi connectivity index (χ3v) is 4.10. The van der Waals surface area contributed by atoms with Crippen LogP contribution in [0.1, 0.15) is 44.6 Å². The van der Waals surface area contributed by atoms with Crippen LogP contribution in [-0.2, 0) is 10.2 Å².